The molecule has 0 bridgehead atoms. The van der Waals surface area contributed by atoms with Crippen molar-refractivity contribution in [1.29, 1.82) is 0 Å². The molecule has 0 spiro atoms. The van der Waals surface area contributed by atoms with Crippen molar-refractivity contribution in [3.8, 4) is 0 Å². The molecule has 10 heteroatoms. The molecule has 0 amide bonds. The van der Waals surface area contributed by atoms with Gasteiger partial charge in [-0.05, 0) is 29.8 Å². The number of aromatic nitrogens is 3. The van der Waals surface area contributed by atoms with Gasteiger partial charge in [-0.2, -0.15) is 4.31 Å². The molecular formula is C18H22ClN5O3S. The van der Waals surface area contributed by atoms with Gasteiger partial charge in [0.2, 0.25) is 10.0 Å². The summed E-state index contributed by atoms with van der Waals surface area (Å²) in [7, 11) is -0.413. The highest BCUT2D eigenvalue weighted by molar-refractivity contribution is 7.89. The zero-order valence-electron chi connectivity index (χ0n) is 15.6. The topological polar surface area (TPSA) is 89.2 Å². The Morgan fingerprint density at radius 1 is 1.14 bits per heavy atom. The summed E-state index contributed by atoms with van der Waals surface area (Å²) in [5, 5.41) is 3.25. The Kier molecular flexibility index (Phi) is 5.62. The summed E-state index contributed by atoms with van der Waals surface area (Å²) in [4.78, 5) is 16.4. The molecule has 1 aliphatic rings. The molecular weight excluding hydrogens is 402 g/mol. The maximum atomic E-state index is 13.4. The second-order valence-corrected chi connectivity index (χ2v) is 8.56. The fourth-order valence-corrected chi connectivity index (χ4v) is 5.25. The van der Waals surface area contributed by atoms with Crippen LogP contribution in [0.1, 0.15) is 11.6 Å². The average molecular weight is 424 g/mol. The van der Waals surface area contributed by atoms with Crippen LogP contribution >= 0.6 is 12.4 Å². The molecule has 1 atom stereocenters. The Morgan fingerprint density at radius 3 is 2.61 bits per heavy atom. The number of nitrogens with one attached hydrogen (secondary N) is 1. The summed E-state index contributed by atoms with van der Waals surface area (Å²) in [5.74, 6) is 0. The largest absolute Gasteiger partial charge is 0.328 e. The van der Waals surface area contributed by atoms with E-state index in [0.717, 1.165) is 5.56 Å². The molecule has 0 radical (unpaired) electrons. The third-order valence-corrected chi connectivity index (χ3v) is 7.02. The Labute approximate surface area is 169 Å². The summed E-state index contributed by atoms with van der Waals surface area (Å²) in [6, 6.07) is 8.20. The lowest BCUT2D eigenvalue weighted by Gasteiger charge is -2.35. The molecule has 1 aliphatic heterocycles. The standard InChI is InChI=1S/C18H21N5O3S.ClH/c1-21-15-6-5-14(10-16(15)22(2)18(21)24)27(25,26)23-9-8-20-12-17(23)13-4-3-7-19-11-13;/h3-7,10-11,17,20H,8-9,12H2,1-2H3;1H. The lowest BCUT2D eigenvalue weighted by molar-refractivity contribution is 0.271. The Hall–Kier alpha value is -2.20. The number of pyridine rings is 1. The monoisotopic (exact) mass is 423 g/mol. The number of nitrogens with zero attached hydrogens (tertiary/aromatic N) is 4. The molecule has 1 N–H and O–H groups in total. The molecule has 3 aromatic rings. The van der Waals surface area contributed by atoms with Gasteiger partial charge in [0, 0.05) is 46.1 Å². The predicted octanol–water partition coefficient (Wildman–Crippen LogP) is 1.03. The Bertz CT molecular complexity index is 1160. The van der Waals surface area contributed by atoms with Crippen LogP contribution in [0.2, 0.25) is 0 Å². The minimum atomic E-state index is -3.73. The smallest absolute Gasteiger partial charge is 0.313 e. The number of piperazine rings is 1. The number of aryl methyl sites for hydroxylation is 2. The van der Waals surface area contributed by atoms with Gasteiger partial charge in [0.05, 0.1) is 22.0 Å². The van der Waals surface area contributed by atoms with Gasteiger partial charge in [-0.3, -0.25) is 14.1 Å². The van der Waals surface area contributed by atoms with Crippen LogP contribution in [-0.4, -0.2) is 46.5 Å². The second kappa shape index (κ2) is 7.67. The van der Waals surface area contributed by atoms with E-state index in [4.69, 9.17) is 0 Å². The van der Waals surface area contributed by atoms with Crippen LogP contribution in [0.5, 0.6) is 0 Å². The van der Waals surface area contributed by atoms with Crippen molar-refractivity contribution in [2.24, 2.45) is 14.1 Å². The molecule has 8 nitrogen and oxygen atoms in total. The number of benzene rings is 1. The first-order valence-corrected chi connectivity index (χ1v) is 10.1. The van der Waals surface area contributed by atoms with Crippen LogP contribution in [-0.2, 0) is 24.1 Å². The normalized spacial score (nSPS) is 18.1. The molecule has 1 aromatic carbocycles. The maximum Gasteiger partial charge on any atom is 0.328 e. The first-order chi connectivity index (χ1) is 12.9. The van der Waals surface area contributed by atoms with Crippen LogP contribution in [0.3, 0.4) is 0 Å². The SMILES string of the molecule is Cl.Cn1c(=O)n(C)c2cc(S(=O)(=O)N3CCNCC3c3cccnc3)ccc21. The lowest BCUT2D eigenvalue weighted by atomic mass is 10.1. The number of sulfonamides is 1. The van der Waals surface area contributed by atoms with E-state index >= 15 is 0 Å². The van der Waals surface area contributed by atoms with Crippen molar-refractivity contribution in [1.82, 2.24) is 23.7 Å². The molecule has 28 heavy (non-hydrogen) atoms. The van der Waals surface area contributed by atoms with Crippen LogP contribution in [0.25, 0.3) is 11.0 Å². The molecule has 2 aromatic heterocycles. The second-order valence-electron chi connectivity index (χ2n) is 6.67. The van der Waals surface area contributed by atoms with E-state index in [-0.39, 0.29) is 29.0 Å². The number of hydrogen-bond donors (Lipinski definition) is 1. The molecule has 1 saturated heterocycles. The minimum Gasteiger partial charge on any atom is -0.313 e. The Balaban J connectivity index is 0.00000225. The fourth-order valence-electron chi connectivity index (χ4n) is 3.61. The zero-order chi connectivity index (χ0) is 19.2. The van der Waals surface area contributed by atoms with Crippen molar-refractivity contribution in [2.75, 3.05) is 19.6 Å². The third kappa shape index (κ3) is 3.24. The van der Waals surface area contributed by atoms with E-state index in [0.29, 0.717) is 30.7 Å². The maximum absolute atomic E-state index is 13.4. The molecule has 150 valence electrons. The van der Waals surface area contributed by atoms with E-state index in [1.165, 1.54) is 13.4 Å². The molecule has 0 saturated carbocycles. The highest BCUT2D eigenvalue weighted by Gasteiger charge is 2.34. The fraction of sp³-hybridized carbons (Fsp3) is 0.333. The highest BCUT2D eigenvalue weighted by atomic mass is 35.5. The summed E-state index contributed by atoms with van der Waals surface area (Å²) < 4.78 is 31.3. The summed E-state index contributed by atoms with van der Waals surface area (Å²) in [6.45, 7) is 1.48. The van der Waals surface area contributed by atoms with Crippen LogP contribution < -0.4 is 11.0 Å². The van der Waals surface area contributed by atoms with Crippen molar-refractivity contribution < 1.29 is 8.42 Å². The molecule has 0 aliphatic carbocycles. The van der Waals surface area contributed by atoms with Crippen LogP contribution in [0.15, 0.2) is 52.4 Å². The average Bonchev–Trinajstić information content (AvgIpc) is 2.92. The summed E-state index contributed by atoms with van der Waals surface area (Å²) in [6.07, 6.45) is 3.37. The van der Waals surface area contributed by atoms with Crippen molar-refractivity contribution >= 4 is 33.5 Å². The first kappa shape index (κ1) is 20.5. The van der Waals surface area contributed by atoms with Crippen molar-refractivity contribution in [3.05, 3.63) is 58.8 Å². The predicted molar refractivity (Wildman–Crippen MR) is 109 cm³/mol. The summed E-state index contributed by atoms with van der Waals surface area (Å²) in [5.41, 5.74) is 1.96. The molecule has 1 unspecified atom stereocenters. The van der Waals surface area contributed by atoms with Gasteiger partial charge in [0.1, 0.15) is 0 Å². The van der Waals surface area contributed by atoms with Crippen molar-refractivity contribution in [2.45, 2.75) is 10.9 Å². The van der Waals surface area contributed by atoms with Gasteiger partial charge in [-0.15, -0.1) is 12.4 Å². The van der Waals surface area contributed by atoms with Gasteiger partial charge in [0.25, 0.3) is 0 Å². The van der Waals surface area contributed by atoms with Crippen molar-refractivity contribution in [3.63, 3.8) is 0 Å². The number of fused-ring (bicyclic) bond motifs is 1. The molecule has 1 fully saturated rings. The van der Waals surface area contributed by atoms with Gasteiger partial charge < -0.3 is 5.32 Å². The number of hydrogen-bond acceptors (Lipinski definition) is 5. The van der Waals surface area contributed by atoms with E-state index in [2.05, 4.69) is 10.3 Å². The van der Waals surface area contributed by atoms with E-state index in [9.17, 15) is 13.2 Å². The minimum absolute atomic E-state index is 0. The van der Waals surface area contributed by atoms with Gasteiger partial charge in [-0.25, -0.2) is 13.2 Å². The zero-order valence-corrected chi connectivity index (χ0v) is 17.2. The number of rotatable bonds is 3. The van der Waals surface area contributed by atoms with Crippen LogP contribution in [0, 0.1) is 0 Å². The molecule has 3 heterocycles. The summed E-state index contributed by atoms with van der Waals surface area (Å²) >= 11 is 0. The van der Waals surface area contributed by atoms with Gasteiger partial charge in [-0.1, -0.05) is 6.07 Å². The van der Waals surface area contributed by atoms with E-state index in [1.54, 1.807) is 50.8 Å². The quantitative estimate of drug-likeness (QED) is 0.679. The lowest BCUT2D eigenvalue weighted by Crippen LogP contribution is -2.48. The Morgan fingerprint density at radius 2 is 1.89 bits per heavy atom. The highest BCUT2D eigenvalue weighted by Crippen LogP contribution is 2.29. The third-order valence-electron chi connectivity index (χ3n) is 5.11. The van der Waals surface area contributed by atoms with Gasteiger partial charge in [0.15, 0.2) is 0 Å². The van der Waals surface area contributed by atoms with Crippen LogP contribution in [0.4, 0.5) is 0 Å². The molecule has 4 rings (SSSR count). The van der Waals surface area contributed by atoms with E-state index in [1.807, 2.05) is 6.07 Å². The van der Waals surface area contributed by atoms with E-state index < -0.39 is 10.0 Å². The first-order valence-electron chi connectivity index (χ1n) is 8.69. The number of halogens is 1. The van der Waals surface area contributed by atoms with Gasteiger partial charge >= 0.3 is 5.69 Å². The number of imidazole rings is 1.